The summed E-state index contributed by atoms with van der Waals surface area (Å²) in [4.78, 5) is 29.5. The molecule has 3 rings (SSSR count). The molecule has 5 heteroatoms. The molecule has 5 nitrogen and oxygen atoms in total. The van der Waals surface area contributed by atoms with Gasteiger partial charge in [-0.3, -0.25) is 14.6 Å². The van der Waals surface area contributed by atoms with Gasteiger partial charge in [0.15, 0.2) is 0 Å². The van der Waals surface area contributed by atoms with Crippen LogP contribution in [-0.2, 0) is 22.4 Å². The first kappa shape index (κ1) is 16.2. The van der Waals surface area contributed by atoms with E-state index >= 15 is 0 Å². The molecule has 0 fully saturated rings. The van der Waals surface area contributed by atoms with Crippen molar-refractivity contribution >= 4 is 17.6 Å². The van der Waals surface area contributed by atoms with Crippen molar-refractivity contribution in [3.05, 3.63) is 59.9 Å². The number of pyridine rings is 1. The van der Waals surface area contributed by atoms with Crippen LogP contribution < -0.4 is 4.90 Å². The van der Waals surface area contributed by atoms with E-state index in [1.165, 1.54) is 0 Å². The van der Waals surface area contributed by atoms with Gasteiger partial charge in [-0.15, -0.1) is 0 Å². The number of hydrogen-bond donors (Lipinski definition) is 1. The number of rotatable bonds is 5. The van der Waals surface area contributed by atoms with E-state index < -0.39 is 5.97 Å². The molecule has 24 heavy (non-hydrogen) atoms. The fraction of sp³-hybridized carbons (Fsp3) is 0.316. The Morgan fingerprint density at radius 1 is 1.21 bits per heavy atom. The minimum absolute atomic E-state index is 0.0236. The lowest BCUT2D eigenvalue weighted by Gasteiger charge is -2.34. The molecule has 0 saturated heterocycles. The Balaban J connectivity index is 1.79. The van der Waals surface area contributed by atoms with Gasteiger partial charge in [0.05, 0.1) is 6.42 Å². The predicted molar refractivity (Wildman–Crippen MR) is 90.8 cm³/mol. The maximum absolute atomic E-state index is 12.8. The van der Waals surface area contributed by atoms with Crippen LogP contribution in [0.5, 0.6) is 0 Å². The minimum Gasteiger partial charge on any atom is -0.481 e. The van der Waals surface area contributed by atoms with Crippen molar-refractivity contribution in [2.24, 2.45) is 5.92 Å². The first-order valence-corrected chi connectivity index (χ1v) is 8.12. The molecule has 1 aliphatic rings. The SMILES string of the molecule is O=C(O)CCC1Cc2ccccc2N(C(=O)Cc2cccnc2)C1. The van der Waals surface area contributed by atoms with Crippen LogP contribution in [0.3, 0.4) is 0 Å². The number of carbonyl (C=O) groups excluding carboxylic acids is 1. The molecule has 1 amide bonds. The standard InChI is InChI=1S/C19H20N2O3/c22-18(11-14-4-3-9-20-12-14)21-13-15(7-8-19(23)24)10-16-5-1-2-6-17(16)21/h1-6,9,12,15H,7-8,10-11,13H2,(H,23,24). The van der Waals surface area contributed by atoms with Crippen LogP contribution >= 0.6 is 0 Å². The Morgan fingerprint density at radius 2 is 2.04 bits per heavy atom. The summed E-state index contributed by atoms with van der Waals surface area (Å²) in [6.07, 6.45) is 5.23. The molecule has 0 bridgehead atoms. The highest BCUT2D eigenvalue weighted by Crippen LogP contribution is 2.31. The van der Waals surface area contributed by atoms with Crippen molar-refractivity contribution in [2.45, 2.75) is 25.7 Å². The number of amides is 1. The van der Waals surface area contributed by atoms with E-state index in [1.54, 1.807) is 17.3 Å². The van der Waals surface area contributed by atoms with Gasteiger partial charge in [-0.25, -0.2) is 0 Å². The van der Waals surface area contributed by atoms with Crippen molar-refractivity contribution in [1.82, 2.24) is 4.98 Å². The summed E-state index contributed by atoms with van der Waals surface area (Å²) in [6, 6.07) is 11.6. The number of nitrogens with zero attached hydrogens (tertiary/aromatic N) is 2. The van der Waals surface area contributed by atoms with Gasteiger partial charge in [0.25, 0.3) is 0 Å². The molecule has 2 aromatic rings. The highest BCUT2D eigenvalue weighted by atomic mass is 16.4. The number of carbonyl (C=O) groups is 2. The molecule has 0 saturated carbocycles. The normalized spacial score (nSPS) is 16.5. The molecule has 124 valence electrons. The van der Waals surface area contributed by atoms with E-state index in [9.17, 15) is 9.59 Å². The fourth-order valence-electron chi connectivity index (χ4n) is 3.21. The molecule has 0 radical (unpaired) electrons. The fourth-order valence-corrected chi connectivity index (χ4v) is 3.21. The van der Waals surface area contributed by atoms with E-state index in [-0.39, 0.29) is 18.2 Å². The van der Waals surface area contributed by atoms with Crippen LogP contribution in [0.2, 0.25) is 0 Å². The van der Waals surface area contributed by atoms with Gasteiger partial charge in [-0.05, 0) is 42.0 Å². The highest BCUT2D eigenvalue weighted by molar-refractivity contribution is 5.96. The van der Waals surface area contributed by atoms with Crippen molar-refractivity contribution < 1.29 is 14.7 Å². The molecule has 1 atom stereocenters. The zero-order chi connectivity index (χ0) is 16.9. The number of anilines is 1. The number of aliphatic carboxylic acids is 1. The lowest BCUT2D eigenvalue weighted by atomic mass is 9.89. The van der Waals surface area contributed by atoms with Crippen LogP contribution in [-0.4, -0.2) is 28.5 Å². The summed E-state index contributed by atoms with van der Waals surface area (Å²) in [7, 11) is 0. The van der Waals surface area contributed by atoms with E-state index in [2.05, 4.69) is 4.98 Å². The Kier molecular flexibility index (Phi) is 4.89. The molecule has 1 aliphatic heterocycles. The predicted octanol–water partition coefficient (Wildman–Crippen LogP) is 2.69. The zero-order valence-electron chi connectivity index (χ0n) is 13.4. The minimum atomic E-state index is -0.790. The number of aromatic nitrogens is 1. The smallest absolute Gasteiger partial charge is 0.303 e. The van der Waals surface area contributed by atoms with Crippen molar-refractivity contribution in [3.63, 3.8) is 0 Å². The topological polar surface area (TPSA) is 70.5 Å². The van der Waals surface area contributed by atoms with Crippen molar-refractivity contribution in [3.8, 4) is 0 Å². The molecule has 1 unspecified atom stereocenters. The Hall–Kier alpha value is -2.69. The third kappa shape index (κ3) is 3.79. The molecular formula is C19H20N2O3. The van der Waals surface area contributed by atoms with Gasteiger partial charge in [0.1, 0.15) is 0 Å². The monoisotopic (exact) mass is 324 g/mol. The number of hydrogen-bond acceptors (Lipinski definition) is 3. The van der Waals surface area contributed by atoms with Gasteiger partial charge >= 0.3 is 5.97 Å². The maximum Gasteiger partial charge on any atom is 0.303 e. The Labute approximate surface area is 140 Å². The van der Waals surface area contributed by atoms with E-state index in [0.717, 1.165) is 23.2 Å². The third-order valence-electron chi connectivity index (χ3n) is 4.38. The second-order valence-electron chi connectivity index (χ2n) is 6.17. The van der Waals surface area contributed by atoms with Crippen molar-refractivity contribution in [2.75, 3.05) is 11.4 Å². The highest BCUT2D eigenvalue weighted by Gasteiger charge is 2.28. The van der Waals surface area contributed by atoms with Gasteiger partial charge < -0.3 is 10.0 Å². The van der Waals surface area contributed by atoms with Crippen LogP contribution in [0.4, 0.5) is 5.69 Å². The summed E-state index contributed by atoms with van der Waals surface area (Å²) < 4.78 is 0. The van der Waals surface area contributed by atoms with Gasteiger partial charge in [0, 0.05) is 31.0 Å². The summed E-state index contributed by atoms with van der Waals surface area (Å²) >= 11 is 0. The number of para-hydroxylation sites is 1. The van der Waals surface area contributed by atoms with Crippen molar-refractivity contribution in [1.29, 1.82) is 0 Å². The molecule has 1 aromatic heterocycles. The molecular weight excluding hydrogens is 304 g/mol. The summed E-state index contributed by atoms with van der Waals surface area (Å²) in [5, 5.41) is 8.92. The molecule has 1 aromatic carbocycles. The lowest BCUT2D eigenvalue weighted by molar-refractivity contribution is -0.137. The van der Waals surface area contributed by atoms with Gasteiger partial charge in [-0.2, -0.15) is 0 Å². The number of carboxylic acid groups (broad SMARTS) is 1. The van der Waals surface area contributed by atoms with E-state index in [4.69, 9.17) is 5.11 Å². The summed E-state index contributed by atoms with van der Waals surface area (Å²) in [6.45, 7) is 0.573. The van der Waals surface area contributed by atoms with E-state index in [0.29, 0.717) is 19.4 Å². The Morgan fingerprint density at radius 3 is 2.79 bits per heavy atom. The Bertz CT molecular complexity index is 730. The summed E-state index contributed by atoms with van der Waals surface area (Å²) in [5.74, 6) is -0.591. The molecule has 1 N–H and O–H groups in total. The first-order chi connectivity index (χ1) is 11.6. The number of benzene rings is 1. The molecule has 2 heterocycles. The first-order valence-electron chi connectivity index (χ1n) is 8.12. The quantitative estimate of drug-likeness (QED) is 0.918. The van der Waals surface area contributed by atoms with Gasteiger partial charge in [0.2, 0.25) is 5.91 Å². The number of fused-ring (bicyclic) bond motifs is 1. The lowest BCUT2D eigenvalue weighted by Crippen LogP contribution is -2.41. The van der Waals surface area contributed by atoms with E-state index in [1.807, 2.05) is 36.4 Å². The van der Waals surface area contributed by atoms with Crippen LogP contribution in [0.1, 0.15) is 24.0 Å². The third-order valence-corrected chi connectivity index (χ3v) is 4.38. The van der Waals surface area contributed by atoms with Gasteiger partial charge in [-0.1, -0.05) is 24.3 Å². The summed E-state index contributed by atoms with van der Waals surface area (Å²) in [5.41, 5.74) is 2.93. The van der Waals surface area contributed by atoms with Crippen LogP contribution in [0.15, 0.2) is 48.8 Å². The second-order valence-corrected chi connectivity index (χ2v) is 6.17. The zero-order valence-corrected chi connectivity index (χ0v) is 13.4. The molecule has 0 spiro atoms. The second kappa shape index (κ2) is 7.25. The average molecular weight is 324 g/mol. The molecule has 0 aliphatic carbocycles. The maximum atomic E-state index is 12.8. The number of carboxylic acids is 1. The van der Waals surface area contributed by atoms with Crippen LogP contribution in [0, 0.1) is 5.92 Å². The average Bonchev–Trinajstić information content (AvgIpc) is 2.60. The van der Waals surface area contributed by atoms with Crippen LogP contribution in [0.25, 0.3) is 0 Å². The largest absolute Gasteiger partial charge is 0.481 e.